The highest BCUT2D eigenvalue weighted by Gasteiger charge is 2.13. The van der Waals surface area contributed by atoms with Crippen LogP contribution in [0, 0.1) is 0 Å². The summed E-state index contributed by atoms with van der Waals surface area (Å²) in [6.45, 7) is 1.95. The average Bonchev–Trinajstić information content (AvgIpc) is 2.05. The van der Waals surface area contributed by atoms with E-state index >= 15 is 0 Å². The van der Waals surface area contributed by atoms with Crippen LogP contribution in [0.4, 0.5) is 0 Å². The van der Waals surface area contributed by atoms with Gasteiger partial charge in [-0.3, -0.25) is 4.79 Å². The van der Waals surface area contributed by atoms with Gasteiger partial charge in [0.25, 0.3) is 0 Å². The first-order chi connectivity index (χ1) is 5.29. The number of hydrogen-bond donors (Lipinski definition) is 0. The van der Waals surface area contributed by atoms with Gasteiger partial charge in [0.2, 0.25) is 0 Å². The molecule has 0 fully saturated rings. The van der Waals surface area contributed by atoms with E-state index in [2.05, 4.69) is 0 Å². The molecule has 1 aliphatic rings. The van der Waals surface area contributed by atoms with E-state index in [-0.39, 0.29) is 0 Å². The van der Waals surface area contributed by atoms with E-state index in [1.165, 1.54) is 0 Å². The largest absolute Gasteiger partial charge is 0.298 e. The van der Waals surface area contributed by atoms with Crippen LogP contribution in [-0.4, -0.2) is 6.29 Å². The van der Waals surface area contributed by atoms with Crippen LogP contribution in [0.2, 0.25) is 0 Å². The van der Waals surface area contributed by atoms with Crippen molar-refractivity contribution in [2.75, 3.05) is 0 Å². The van der Waals surface area contributed by atoms with E-state index in [1.54, 1.807) is 0 Å². The zero-order valence-electron chi connectivity index (χ0n) is 6.56. The maximum atomic E-state index is 10.5. The van der Waals surface area contributed by atoms with Gasteiger partial charge in [0, 0.05) is 10.6 Å². The Bertz CT molecular complexity index is 226. The highest BCUT2D eigenvalue weighted by atomic mass is 35.5. The van der Waals surface area contributed by atoms with Crippen molar-refractivity contribution in [3.8, 4) is 0 Å². The molecule has 0 heterocycles. The van der Waals surface area contributed by atoms with Crippen molar-refractivity contribution in [2.24, 2.45) is 0 Å². The van der Waals surface area contributed by atoms with E-state index in [0.717, 1.165) is 36.7 Å². The molecule has 0 spiro atoms. The van der Waals surface area contributed by atoms with Gasteiger partial charge in [-0.2, -0.15) is 0 Å². The number of halogens is 1. The van der Waals surface area contributed by atoms with Crippen molar-refractivity contribution in [2.45, 2.75) is 26.2 Å². The minimum Gasteiger partial charge on any atom is -0.298 e. The number of rotatable bonds is 1. The molecule has 11 heavy (non-hydrogen) atoms. The van der Waals surface area contributed by atoms with Gasteiger partial charge in [-0.1, -0.05) is 17.7 Å². The fourth-order valence-corrected chi connectivity index (χ4v) is 1.62. The molecule has 0 saturated heterocycles. The van der Waals surface area contributed by atoms with E-state index in [9.17, 15) is 4.79 Å². The molecule has 1 aliphatic carbocycles. The third kappa shape index (κ3) is 1.72. The molecule has 2 heteroatoms. The van der Waals surface area contributed by atoms with Crippen LogP contribution in [0.5, 0.6) is 0 Å². The fraction of sp³-hybridized carbons (Fsp3) is 0.444. The molecule has 0 aromatic heterocycles. The van der Waals surface area contributed by atoms with Crippen LogP contribution in [0.3, 0.4) is 0 Å². The predicted molar refractivity (Wildman–Crippen MR) is 46.6 cm³/mol. The Morgan fingerprint density at radius 2 is 2.18 bits per heavy atom. The number of allylic oxidation sites excluding steroid dienone is 4. The van der Waals surface area contributed by atoms with E-state index < -0.39 is 0 Å². The second-order valence-electron chi connectivity index (χ2n) is 2.62. The standard InChI is InChI=1S/C9H11ClO/c1-2-7-4-3-5-8(6-11)9(7)10/h2,6H,3-5H2,1H3/b7-2+. The number of hydrogen-bond acceptors (Lipinski definition) is 1. The van der Waals surface area contributed by atoms with E-state index in [4.69, 9.17) is 11.6 Å². The lowest BCUT2D eigenvalue weighted by molar-refractivity contribution is -0.105. The molecule has 0 aromatic carbocycles. The molecule has 0 aliphatic heterocycles. The van der Waals surface area contributed by atoms with Crippen LogP contribution in [0.25, 0.3) is 0 Å². The van der Waals surface area contributed by atoms with Crippen molar-refractivity contribution in [3.63, 3.8) is 0 Å². The summed E-state index contributed by atoms with van der Waals surface area (Å²) in [7, 11) is 0. The maximum Gasteiger partial charge on any atom is 0.147 e. The first-order valence-corrected chi connectivity index (χ1v) is 4.16. The van der Waals surface area contributed by atoms with Gasteiger partial charge in [-0.05, 0) is 31.8 Å². The van der Waals surface area contributed by atoms with Crippen molar-refractivity contribution in [1.82, 2.24) is 0 Å². The molecule has 0 saturated carbocycles. The summed E-state index contributed by atoms with van der Waals surface area (Å²) in [5.41, 5.74) is 1.87. The normalized spacial score (nSPS) is 22.5. The summed E-state index contributed by atoms with van der Waals surface area (Å²) in [6, 6.07) is 0. The van der Waals surface area contributed by atoms with Gasteiger partial charge in [-0.15, -0.1) is 0 Å². The SMILES string of the molecule is C/C=C1\CCCC(C=O)=C1Cl. The molecule has 1 nitrogen and oxygen atoms in total. The van der Waals surface area contributed by atoms with Crippen LogP contribution in [0.15, 0.2) is 22.3 Å². The second-order valence-corrected chi connectivity index (χ2v) is 3.00. The fourth-order valence-electron chi connectivity index (χ4n) is 1.28. The lowest BCUT2D eigenvalue weighted by Gasteiger charge is -2.14. The topological polar surface area (TPSA) is 17.1 Å². The Hall–Kier alpha value is -0.560. The van der Waals surface area contributed by atoms with Crippen LogP contribution >= 0.6 is 11.6 Å². The van der Waals surface area contributed by atoms with Crippen LogP contribution in [-0.2, 0) is 4.79 Å². The molecule has 0 bridgehead atoms. The van der Waals surface area contributed by atoms with Crippen LogP contribution in [0.1, 0.15) is 26.2 Å². The summed E-state index contributed by atoms with van der Waals surface area (Å²) < 4.78 is 0. The summed E-state index contributed by atoms with van der Waals surface area (Å²) in [5, 5.41) is 0.675. The Morgan fingerprint density at radius 1 is 1.45 bits per heavy atom. The smallest absolute Gasteiger partial charge is 0.147 e. The number of aldehydes is 1. The van der Waals surface area contributed by atoms with Gasteiger partial charge < -0.3 is 0 Å². The molecular formula is C9H11ClO. The van der Waals surface area contributed by atoms with E-state index in [0.29, 0.717) is 5.03 Å². The molecule has 0 atom stereocenters. The summed E-state index contributed by atoms with van der Waals surface area (Å²) >= 11 is 5.93. The van der Waals surface area contributed by atoms with Gasteiger partial charge in [-0.25, -0.2) is 0 Å². The highest BCUT2D eigenvalue weighted by Crippen LogP contribution is 2.30. The van der Waals surface area contributed by atoms with Gasteiger partial charge in [0.15, 0.2) is 0 Å². The zero-order chi connectivity index (χ0) is 8.27. The molecule has 0 amide bonds. The van der Waals surface area contributed by atoms with E-state index in [1.807, 2.05) is 13.0 Å². The first kappa shape index (κ1) is 8.54. The second kappa shape index (κ2) is 3.72. The lowest BCUT2D eigenvalue weighted by atomic mass is 9.96. The number of carbonyl (C=O) groups excluding carboxylic acids is 1. The quantitative estimate of drug-likeness (QED) is 0.553. The van der Waals surface area contributed by atoms with Crippen molar-refractivity contribution in [3.05, 3.63) is 22.3 Å². The average molecular weight is 171 g/mol. The Morgan fingerprint density at radius 3 is 2.73 bits per heavy atom. The summed E-state index contributed by atoms with van der Waals surface area (Å²) in [5.74, 6) is 0. The lowest BCUT2D eigenvalue weighted by Crippen LogP contribution is -1.99. The van der Waals surface area contributed by atoms with Gasteiger partial charge in [0.05, 0.1) is 0 Å². The van der Waals surface area contributed by atoms with Gasteiger partial charge in [0.1, 0.15) is 6.29 Å². The van der Waals surface area contributed by atoms with Gasteiger partial charge >= 0.3 is 0 Å². The summed E-state index contributed by atoms with van der Waals surface area (Å²) in [6.07, 6.45) is 5.73. The minimum atomic E-state index is 0.675. The summed E-state index contributed by atoms with van der Waals surface area (Å²) in [4.78, 5) is 10.5. The minimum absolute atomic E-state index is 0.675. The molecule has 0 aromatic rings. The molecule has 1 rings (SSSR count). The zero-order valence-corrected chi connectivity index (χ0v) is 7.32. The molecule has 60 valence electrons. The third-order valence-electron chi connectivity index (χ3n) is 1.95. The first-order valence-electron chi connectivity index (χ1n) is 3.79. The van der Waals surface area contributed by atoms with Crippen molar-refractivity contribution < 1.29 is 4.79 Å². The Labute approximate surface area is 71.7 Å². The van der Waals surface area contributed by atoms with Crippen molar-refractivity contribution in [1.29, 1.82) is 0 Å². The third-order valence-corrected chi connectivity index (χ3v) is 2.43. The molecular weight excluding hydrogens is 160 g/mol. The highest BCUT2D eigenvalue weighted by molar-refractivity contribution is 6.33. The predicted octanol–water partition coefficient (Wildman–Crippen LogP) is 2.81. The molecule has 0 N–H and O–H groups in total. The van der Waals surface area contributed by atoms with Crippen LogP contribution < -0.4 is 0 Å². The Kier molecular flexibility index (Phi) is 2.89. The van der Waals surface area contributed by atoms with Crippen molar-refractivity contribution >= 4 is 17.9 Å². The maximum absolute atomic E-state index is 10.5. The monoisotopic (exact) mass is 170 g/mol. The number of carbonyl (C=O) groups is 1. The Balaban J connectivity index is 2.97. The molecule has 0 unspecified atom stereocenters. The molecule has 0 radical (unpaired) electrons.